The Bertz CT molecular complexity index is 1440. The summed E-state index contributed by atoms with van der Waals surface area (Å²) in [6, 6.07) is 10.7. The maximum absolute atomic E-state index is 13.9. The topological polar surface area (TPSA) is 82.6 Å². The normalized spacial score (nSPS) is 17.3. The number of ether oxygens (including phenoxy) is 1. The van der Waals surface area contributed by atoms with Crippen molar-refractivity contribution >= 4 is 35.6 Å². The van der Waals surface area contributed by atoms with E-state index in [2.05, 4.69) is 50.4 Å². The molecule has 1 atom stereocenters. The molecular formula is C28H34F3N6O2P. The van der Waals surface area contributed by atoms with Crippen LogP contribution < -0.4 is 20.7 Å². The second-order valence-corrected chi connectivity index (χ2v) is 13.9. The van der Waals surface area contributed by atoms with Crippen LogP contribution in [0.3, 0.4) is 0 Å². The molecule has 0 saturated carbocycles. The zero-order chi connectivity index (χ0) is 28.7. The van der Waals surface area contributed by atoms with Gasteiger partial charge in [0.2, 0.25) is 5.95 Å². The van der Waals surface area contributed by atoms with Crippen LogP contribution in [0.2, 0.25) is 0 Å². The van der Waals surface area contributed by atoms with E-state index in [0.717, 1.165) is 44.4 Å². The molecule has 2 aromatic carbocycles. The molecule has 0 spiro atoms. The lowest BCUT2D eigenvalue weighted by Gasteiger charge is -2.37. The second kappa shape index (κ2) is 11.0. The van der Waals surface area contributed by atoms with Gasteiger partial charge in [-0.2, -0.15) is 18.2 Å². The molecule has 2 aliphatic heterocycles. The van der Waals surface area contributed by atoms with E-state index in [1.54, 1.807) is 37.6 Å². The van der Waals surface area contributed by atoms with Gasteiger partial charge in [-0.15, -0.1) is 0 Å². The Morgan fingerprint density at radius 2 is 1.75 bits per heavy atom. The zero-order valence-corrected chi connectivity index (χ0v) is 23.9. The van der Waals surface area contributed by atoms with E-state index in [1.165, 1.54) is 5.56 Å². The van der Waals surface area contributed by atoms with Crippen LogP contribution in [0.4, 0.5) is 36.3 Å². The number of likely N-dealkylation sites (N-methyl/N-ethyl adjacent to an activating group) is 1. The summed E-state index contributed by atoms with van der Waals surface area (Å²) in [5.74, 6) is 0.241. The van der Waals surface area contributed by atoms with Gasteiger partial charge in [-0.3, -0.25) is 4.90 Å². The van der Waals surface area contributed by atoms with Gasteiger partial charge in [0.25, 0.3) is 0 Å². The van der Waals surface area contributed by atoms with Crippen LogP contribution in [-0.4, -0.2) is 72.9 Å². The Hall–Kier alpha value is -3.14. The summed E-state index contributed by atoms with van der Waals surface area (Å²) in [5, 5.41) is 6.29. The minimum absolute atomic E-state index is 0.0123. The smallest absolute Gasteiger partial charge is 0.421 e. The molecule has 8 nitrogen and oxygen atoms in total. The number of benzene rings is 2. The molecule has 0 bridgehead atoms. The molecule has 0 amide bonds. The van der Waals surface area contributed by atoms with Crippen molar-refractivity contribution in [1.29, 1.82) is 0 Å². The number of hydrogen-bond acceptors (Lipinski definition) is 8. The summed E-state index contributed by atoms with van der Waals surface area (Å²) in [6.07, 6.45) is -3.18. The molecule has 0 aliphatic carbocycles. The minimum Gasteiger partial charge on any atom is -0.491 e. The first kappa shape index (κ1) is 28.4. The molecule has 1 aromatic heterocycles. The molecule has 1 unspecified atom stereocenters. The fraction of sp³-hybridized carbons (Fsp3) is 0.429. The van der Waals surface area contributed by atoms with Gasteiger partial charge in [-0.1, -0.05) is 18.2 Å². The molecule has 12 heteroatoms. The Balaban J connectivity index is 1.46. The van der Waals surface area contributed by atoms with Crippen molar-refractivity contribution in [3.05, 3.63) is 59.3 Å². The molecule has 214 valence electrons. The van der Waals surface area contributed by atoms with E-state index >= 15 is 0 Å². The standard InChI is InChI=1S/C28H34F3N6O2P/c1-18(37-14-12-36(2)13-15-37)19-9-10-23(25-20(19)11-16-39-25)34-27-32-17-21(28(29,30)31)26(35-27)33-22-7-5-6-8-24(22)40(3,4)38/h5-10,17-18H,11-16H2,1-4H3,(H2,32,33,34,35). The Kier molecular flexibility index (Phi) is 7.83. The highest BCUT2D eigenvalue weighted by Gasteiger charge is 2.36. The Morgan fingerprint density at radius 1 is 1.02 bits per heavy atom. The quantitative estimate of drug-likeness (QED) is 0.360. The monoisotopic (exact) mass is 574 g/mol. The van der Waals surface area contributed by atoms with E-state index in [0.29, 0.717) is 29.0 Å². The van der Waals surface area contributed by atoms with E-state index in [4.69, 9.17) is 4.74 Å². The van der Waals surface area contributed by atoms with Crippen LogP contribution >= 0.6 is 7.14 Å². The van der Waals surface area contributed by atoms with Gasteiger partial charge < -0.3 is 24.8 Å². The SMILES string of the molecule is CC(c1ccc(Nc2ncc(C(F)(F)F)c(Nc3ccccc3P(C)(C)=O)n2)c2c1CCO2)N1CCN(C)CC1. The zero-order valence-electron chi connectivity index (χ0n) is 23.0. The van der Waals surface area contributed by atoms with Gasteiger partial charge in [-0.25, -0.2) is 4.98 Å². The third kappa shape index (κ3) is 5.96. The minimum atomic E-state index is -4.69. The number of hydrogen-bond donors (Lipinski definition) is 2. The van der Waals surface area contributed by atoms with Gasteiger partial charge in [0.15, 0.2) is 0 Å². The van der Waals surface area contributed by atoms with Crippen molar-refractivity contribution in [3.8, 4) is 5.75 Å². The summed E-state index contributed by atoms with van der Waals surface area (Å²) >= 11 is 0. The number of halogens is 3. The van der Waals surface area contributed by atoms with Gasteiger partial charge in [0, 0.05) is 55.7 Å². The molecule has 3 aromatic rings. The lowest BCUT2D eigenvalue weighted by molar-refractivity contribution is -0.137. The number of para-hydroxylation sites is 1. The molecule has 2 N–H and O–H groups in total. The first-order valence-corrected chi connectivity index (χ1v) is 15.9. The Morgan fingerprint density at radius 3 is 2.45 bits per heavy atom. The third-order valence-corrected chi connectivity index (χ3v) is 9.06. The summed E-state index contributed by atoms with van der Waals surface area (Å²) in [5.41, 5.74) is 2.17. The lowest BCUT2D eigenvalue weighted by Crippen LogP contribution is -2.45. The maximum atomic E-state index is 13.9. The van der Waals surface area contributed by atoms with Crippen molar-refractivity contribution in [1.82, 2.24) is 19.8 Å². The molecule has 0 radical (unpaired) electrons. The molecule has 5 rings (SSSR count). The molecule has 1 saturated heterocycles. The fourth-order valence-corrected chi connectivity index (χ4v) is 6.41. The summed E-state index contributed by atoms with van der Waals surface area (Å²) in [7, 11) is -0.648. The van der Waals surface area contributed by atoms with Gasteiger partial charge in [-0.05, 0) is 51.1 Å². The average molecular weight is 575 g/mol. The summed E-state index contributed by atoms with van der Waals surface area (Å²) in [4.78, 5) is 13.0. The van der Waals surface area contributed by atoms with Crippen LogP contribution in [-0.2, 0) is 17.2 Å². The number of piperazine rings is 1. The largest absolute Gasteiger partial charge is 0.491 e. The molecule has 2 aliphatic rings. The molecule has 1 fully saturated rings. The van der Waals surface area contributed by atoms with Crippen molar-refractivity contribution in [2.24, 2.45) is 0 Å². The van der Waals surface area contributed by atoms with E-state index in [1.807, 2.05) is 6.07 Å². The maximum Gasteiger partial charge on any atom is 0.421 e. The van der Waals surface area contributed by atoms with Crippen LogP contribution in [0.15, 0.2) is 42.6 Å². The summed E-state index contributed by atoms with van der Waals surface area (Å²) in [6.45, 7) is 9.87. The van der Waals surface area contributed by atoms with Gasteiger partial charge in [0.1, 0.15) is 24.3 Å². The number of fused-ring (bicyclic) bond motifs is 1. The Labute approximate surface area is 232 Å². The van der Waals surface area contributed by atoms with E-state index in [-0.39, 0.29) is 12.0 Å². The average Bonchev–Trinajstić information content (AvgIpc) is 3.39. The predicted octanol–water partition coefficient (Wildman–Crippen LogP) is 5.47. The fourth-order valence-electron chi connectivity index (χ4n) is 5.26. The number of nitrogens with one attached hydrogen (secondary N) is 2. The summed E-state index contributed by atoms with van der Waals surface area (Å²) < 4.78 is 60.5. The number of aromatic nitrogens is 2. The van der Waals surface area contributed by atoms with Crippen molar-refractivity contribution in [3.63, 3.8) is 0 Å². The highest BCUT2D eigenvalue weighted by molar-refractivity contribution is 7.70. The molecule has 3 heterocycles. The van der Waals surface area contributed by atoms with Gasteiger partial charge >= 0.3 is 6.18 Å². The van der Waals surface area contributed by atoms with E-state index in [9.17, 15) is 17.7 Å². The van der Waals surface area contributed by atoms with Gasteiger partial charge in [0.05, 0.1) is 18.0 Å². The highest BCUT2D eigenvalue weighted by Crippen LogP contribution is 2.42. The number of anilines is 4. The number of alkyl halides is 3. The van der Waals surface area contributed by atoms with Crippen LogP contribution in [0.25, 0.3) is 0 Å². The highest BCUT2D eigenvalue weighted by atomic mass is 31.2. The first-order chi connectivity index (χ1) is 18.9. The lowest BCUT2D eigenvalue weighted by atomic mass is 9.97. The van der Waals surface area contributed by atoms with Crippen LogP contribution in [0.5, 0.6) is 5.75 Å². The molecule has 40 heavy (non-hydrogen) atoms. The van der Waals surface area contributed by atoms with Crippen molar-refractivity contribution in [2.45, 2.75) is 25.6 Å². The van der Waals surface area contributed by atoms with Crippen LogP contribution in [0, 0.1) is 0 Å². The van der Waals surface area contributed by atoms with Crippen molar-refractivity contribution in [2.75, 3.05) is 63.8 Å². The first-order valence-electron chi connectivity index (χ1n) is 13.3. The third-order valence-electron chi connectivity index (χ3n) is 7.51. The molecular weight excluding hydrogens is 540 g/mol. The predicted molar refractivity (Wildman–Crippen MR) is 152 cm³/mol. The number of rotatable bonds is 7. The van der Waals surface area contributed by atoms with E-state index < -0.39 is 24.7 Å². The van der Waals surface area contributed by atoms with Crippen molar-refractivity contribution < 1.29 is 22.5 Å². The number of nitrogens with zero attached hydrogens (tertiary/aromatic N) is 4. The van der Waals surface area contributed by atoms with Crippen LogP contribution in [0.1, 0.15) is 29.7 Å². The second-order valence-electron chi connectivity index (χ2n) is 10.7.